The van der Waals surface area contributed by atoms with Gasteiger partial charge in [0.15, 0.2) is 17.3 Å². The SMILES string of the molecule is CCCNC(C)c1cccc(F)c1Oc1cnn(C)c1. The maximum absolute atomic E-state index is 14.0. The van der Waals surface area contributed by atoms with Crippen molar-refractivity contribution in [3.05, 3.63) is 42.0 Å². The molecule has 0 amide bonds. The summed E-state index contributed by atoms with van der Waals surface area (Å²) < 4.78 is 21.3. The molecule has 0 aliphatic rings. The summed E-state index contributed by atoms with van der Waals surface area (Å²) in [5.74, 6) is 0.426. The number of hydrogen-bond donors (Lipinski definition) is 1. The molecule has 108 valence electrons. The van der Waals surface area contributed by atoms with Crippen molar-refractivity contribution in [2.24, 2.45) is 7.05 Å². The van der Waals surface area contributed by atoms with Crippen molar-refractivity contribution in [1.29, 1.82) is 0 Å². The normalized spacial score (nSPS) is 12.4. The number of nitrogens with zero attached hydrogens (tertiary/aromatic N) is 2. The lowest BCUT2D eigenvalue weighted by Crippen LogP contribution is -2.20. The van der Waals surface area contributed by atoms with Gasteiger partial charge in [0.25, 0.3) is 0 Å². The fourth-order valence-corrected chi connectivity index (χ4v) is 2.01. The summed E-state index contributed by atoms with van der Waals surface area (Å²) in [5.41, 5.74) is 0.808. The number of para-hydroxylation sites is 1. The van der Waals surface area contributed by atoms with Gasteiger partial charge in [0.05, 0.1) is 12.4 Å². The molecule has 1 atom stereocenters. The summed E-state index contributed by atoms with van der Waals surface area (Å²) in [5, 5.41) is 7.36. The molecule has 0 saturated carbocycles. The quantitative estimate of drug-likeness (QED) is 0.879. The van der Waals surface area contributed by atoms with Gasteiger partial charge in [0.2, 0.25) is 0 Å². The van der Waals surface area contributed by atoms with Crippen LogP contribution in [-0.2, 0) is 7.05 Å². The summed E-state index contributed by atoms with van der Waals surface area (Å²) in [7, 11) is 1.79. The molecule has 1 heterocycles. The van der Waals surface area contributed by atoms with Crippen LogP contribution in [0.15, 0.2) is 30.6 Å². The first-order chi connectivity index (χ1) is 9.61. The van der Waals surface area contributed by atoms with E-state index in [0.29, 0.717) is 5.75 Å². The first kappa shape index (κ1) is 14.5. The minimum atomic E-state index is -0.364. The van der Waals surface area contributed by atoms with Gasteiger partial charge in [-0.25, -0.2) is 4.39 Å². The number of aromatic nitrogens is 2. The zero-order chi connectivity index (χ0) is 14.5. The molecule has 0 saturated heterocycles. The standard InChI is InChI=1S/C15H20FN3O/c1-4-8-17-11(2)13-6-5-7-14(16)15(13)20-12-9-18-19(3)10-12/h5-7,9-11,17H,4,8H2,1-3H3. The Kier molecular flexibility index (Phi) is 4.74. The van der Waals surface area contributed by atoms with Crippen LogP contribution in [0.3, 0.4) is 0 Å². The smallest absolute Gasteiger partial charge is 0.167 e. The van der Waals surface area contributed by atoms with Crippen molar-refractivity contribution in [3.63, 3.8) is 0 Å². The molecule has 0 aliphatic carbocycles. The molecule has 2 rings (SSSR count). The van der Waals surface area contributed by atoms with Crippen molar-refractivity contribution in [1.82, 2.24) is 15.1 Å². The molecule has 2 aromatic rings. The fraction of sp³-hybridized carbons (Fsp3) is 0.400. The average molecular weight is 277 g/mol. The molecule has 1 N–H and O–H groups in total. The first-order valence-corrected chi connectivity index (χ1v) is 6.80. The molecule has 0 radical (unpaired) electrons. The van der Waals surface area contributed by atoms with Gasteiger partial charge in [0, 0.05) is 18.7 Å². The second-order valence-electron chi connectivity index (χ2n) is 4.79. The van der Waals surface area contributed by atoms with E-state index < -0.39 is 0 Å². The van der Waals surface area contributed by atoms with Crippen molar-refractivity contribution in [2.75, 3.05) is 6.54 Å². The lowest BCUT2D eigenvalue weighted by Gasteiger charge is -2.17. The second-order valence-corrected chi connectivity index (χ2v) is 4.79. The van der Waals surface area contributed by atoms with Gasteiger partial charge in [0.1, 0.15) is 0 Å². The first-order valence-electron chi connectivity index (χ1n) is 6.80. The molecule has 4 nitrogen and oxygen atoms in total. The molecule has 1 aromatic carbocycles. The number of aryl methyl sites for hydroxylation is 1. The van der Waals surface area contributed by atoms with Gasteiger partial charge in [-0.2, -0.15) is 5.10 Å². The molecule has 0 bridgehead atoms. The Balaban J connectivity index is 2.26. The van der Waals surface area contributed by atoms with Crippen molar-refractivity contribution in [2.45, 2.75) is 26.3 Å². The van der Waals surface area contributed by atoms with Crippen LogP contribution in [0.1, 0.15) is 31.9 Å². The third kappa shape index (κ3) is 3.36. The Morgan fingerprint density at radius 2 is 2.25 bits per heavy atom. The molecular formula is C15H20FN3O. The number of halogens is 1. The topological polar surface area (TPSA) is 39.1 Å². The predicted octanol–water partition coefficient (Wildman–Crippen LogP) is 3.41. The van der Waals surface area contributed by atoms with Crippen molar-refractivity contribution in [3.8, 4) is 11.5 Å². The summed E-state index contributed by atoms with van der Waals surface area (Å²) in [6.07, 6.45) is 4.30. The van der Waals surface area contributed by atoms with E-state index in [2.05, 4.69) is 17.3 Å². The summed E-state index contributed by atoms with van der Waals surface area (Å²) >= 11 is 0. The van der Waals surface area contributed by atoms with E-state index in [1.165, 1.54) is 6.07 Å². The van der Waals surface area contributed by atoms with Gasteiger partial charge in [-0.15, -0.1) is 0 Å². The lowest BCUT2D eigenvalue weighted by molar-refractivity contribution is 0.425. The number of hydrogen-bond acceptors (Lipinski definition) is 3. The number of nitrogens with one attached hydrogen (secondary N) is 1. The van der Waals surface area contributed by atoms with E-state index in [4.69, 9.17) is 4.74 Å². The highest BCUT2D eigenvalue weighted by Gasteiger charge is 2.16. The average Bonchev–Trinajstić information content (AvgIpc) is 2.84. The van der Waals surface area contributed by atoms with Gasteiger partial charge in [-0.3, -0.25) is 4.68 Å². The van der Waals surface area contributed by atoms with Gasteiger partial charge in [-0.1, -0.05) is 19.1 Å². The number of ether oxygens (including phenoxy) is 1. The van der Waals surface area contributed by atoms with Gasteiger partial charge >= 0.3 is 0 Å². The maximum atomic E-state index is 14.0. The molecular weight excluding hydrogens is 257 g/mol. The van der Waals surface area contributed by atoms with Gasteiger partial charge in [-0.05, 0) is 26.0 Å². The van der Waals surface area contributed by atoms with Gasteiger partial charge < -0.3 is 10.1 Å². The summed E-state index contributed by atoms with van der Waals surface area (Å²) in [6.45, 7) is 4.98. The van der Waals surface area contributed by atoms with E-state index in [1.54, 1.807) is 30.2 Å². The third-order valence-electron chi connectivity index (χ3n) is 3.07. The second kappa shape index (κ2) is 6.52. The largest absolute Gasteiger partial charge is 0.451 e. The van der Waals surface area contributed by atoms with E-state index in [0.717, 1.165) is 18.5 Å². The highest BCUT2D eigenvalue weighted by molar-refractivity contribution is 5.40. The van der Waals surface area contributed by atoms with Crippen LogP contribution in [0.5, 0.6) is 11.5 Å². The molecule has 20 heavy (non-hydrogen) atoms. The van der Waals surface area contributed by atoms with Crippen LogP contribution in [0.4, 0.5) is 4.39 Å². The van der Waals surface area contributed by atoms with E-state index in [-0.39, 0.29) is 17.6 Å². The van der Waals surface area contributed by atoms with E-state index in [9.17, 15) is 4.39 Å². The molecule has 0 fully saturated rings. The number of rotatable bonds is 6. The molecule has 0 aliphatic heterocycles. The maximum Gasteiger partial charge on any atom is 0.167 e. The zero-order valence-corrected chi connectivity index (χ0v) is 12.1. The zero-order valence-electron chi connectivity index (χ0n) is 12.1. The third-order valence-corrected chi connectivity index (χ3v) is 3.07. The summed E-state index contributed by atoms with van der Waals surface area (Å²) in [6, 6.07) is 5.01. The minimum Gasteiger partial charge on any atom is -0.451 e. The Labute approximate surface area is 118 Å². The number of benzene rings is 1. The molecule has 1 unspecified atom stereocenters. The van der Waals surface area contributed by atoms with Crippen LogP contribution < -0.4 is 10.1 Å². The van der Waals surface area contributed by atoms with E-state index in [1.807, 2.05) is 13.0 Å². The Morgan fingerprint density at radius 3 is 2.90 bits per heavy atom. The Morgan fingerprint density at radius 1 is 1.45 bits per heavy atom. The van der Waals surface area contributed by atoms with E-state index >= 15 is 0 Å². The predicted molar refractivity (Wildman–Crippen MR) is 76.4 cm³/mol. The van der Waals surface area contributed by atoms with Crippen LogP contribution >= 0.6 is 0 Å². The highest BCUT2D eigenvalue weighted by atomic mass is 19.1. The van der Waals surface area contributed by atoms with Crippen LogP contribution in [0, 0.1) is 5.82 Å². The minimum absolute atomic E-state index is 0.0253. The Hall–Kier alpha value is -1.88. The van der Waals surface area contributed by atoms with Crippen LogP contribution in [0.25, 0.3) is 0 Å². The monoisotopic (exact) mass is 277 g/mol. The summed E-state index contributed by atoms with van der Waals surface area (Å²) in [4.78, 5) is 0. The molecule has 0 spiro atoms. The Bertz CT molecular complexity index is 568. The van der Waals surface area contributed by atoms with Crippen molar-refractivity contribution >= 4 is 0 Å². The van der Waals surface area contributed by atoms with Crippen molar-refractivity contribution < 1.29 is 9.13 Å². The lowest BCUT2D eigenvalue weighted by atomic mass is 10.1. The highest BCUT2D eigenvalue weighted by Crippen LogP contribution is 2.32. The molecule has 5 heteroatoms. The van der Waals surface area contributed by atoms with Crippen LogP contribution in [-0.4, -0.2) is 16.3 Å². The fourth-order valence-electron chi connectivity index (χ4n) is 2.01. The van der Waals surface area contributed by atoms with Crippen LogP contribution in [0.2, 0.25) is 0 Å². The molecule has 1 aromatic heterocycles.